The second-order valence-electron chi connectivity index (χ2n) is 3.84. The van der Waals surface area contributed by atoms with Crippen molar-refractivity contribution < 1.29 is 9.47 Å². The van der Waals surface area contributed by atoms with E-state index in [4.69, 9.17) is 32.7 Å². The van der Waals surface area contributed by atoms with Gasteiger partial charge >= 0.3 is 0 Å². The Bertz CT molecular complexity index is 352. The highest BCUT2D eigenvalue weighted by molar-refractivity contribution is 6.37. The SMILES string of the molecule is CCOc1c(Cl)cc(CNCCCOC)cc1Cl.Cl. The topological polar surface area (TPSA) is 30.5 Å². The summed E-state index contributed by atoms with van der Waals surface area (Å²) in [5.74, 6) is 0.559. The van der Waals surface area contributed by atoms with Crippen molar-refractivity contribution in [1.29, 1.82) is 0 Å². The largest absolute Gasteiger partial charge is 0.491 e. The number of rotatable bonds is 8. The highest BCUT2D eigenvalue weighted by Crippen LogP contribution is 2.34. The van der Waals surface area contributed by atoms with Gasteiger partial charge < -0.3 is 14.8 Å². The van der Waals surface area contributed by atoms with Crippen LogP contribution in [0.15, 0.2) is 12.1 Å². The summed E-state index contributed by atoms with van der Waals surface area (Å²) in [6, 6.07) is 3.75. The molecule has 0 aliphatic rings. The summed E-state index contributed by atoms with van der Waals surface area (Å²) in [6.45, 7) is 4.84. The molecule has 0 atom stereocenters. The van der Waals surface area contributed by atoms with E-state index >= 15 is 0 Å². The Hall–Kier alpha value is -0.190. The van der Waals surface area contributed by atoms with Crippen LogP contribution in [0.1, 0.15) is 18.9 Å². The Balaban J connectivity index is 0.00000324. The third kappa shape index (κ3) is 6.68. The fourth-order valence-corrected chi connectivity index (χ4v) is 2.21. The first-order chi connectivity index (χ1) is 8.69. The van der Waals surface area contributed by atoms with Gasteiger partial charge in [-0.05, 0) is 37.6 Å². The lowest BCUT2D eigenvalue weighted by molar-refractivity contribution is 0.194. The van der Waals surface area contributed by atoms with Crippen molar-refractivity contribution in [1.82, 2.24) is 5.32 Å². The molecule has 0 spiro atoms. The van der Waals surface area contributed by atoms with Gasteiger partial charge in [-0.2, -0.15) is 0 Å². The van der Waals surface area contributed by atoms with Crippen molar-refractivity contribution in [3.05, 3.63) is 27.7 Å². The molecule has 1 rings (SSSR count). The molecule has 110 valence electrons. The van der Waals surface area contributed by atoms with Gasteiger partial charge in [-0.1, -0.05) is 23.2 Å². The highest BCUT2D eigenvalue weighted by atomic mass is 35.5. The molecular formula is C13H20Cl3NO2. The van der Waals surface area contributed by atoms with Crippen LogP contribution < -0.4 is 10.1 Å². The summed E-state index contributed by atoms with van der Waals surface area (Å²) in [5.41, 5.74) is 1.05. The third-order valence-electron chi connectivity index (χ3n) is 2.38. The Morgan fingerprint density at radius 1 is 1.21 bits per heavy atom. The van der Waals surface area contributed by atoms with Gasteiger partial charge in [0.2, 0.25) is 0 Å². The van der Waals surface area contributed by atoms with Gasteiger partial charge in [0, 0.05) is 20.3 Å². The normalized spacial score (nSPS) is 10.1. The van der Waals surface area contributed by atoms with Crippen molar-refractivity contribution in [2.24, 2.45) is 0 Å². The lowest BCUT2D eigenvalue weighted by atomic mass is 10.2. The fraction of sp³-hybridized carbons (Fsp3) is 0.538. The van der Waals surface area contributed by atoms with Gasteiger partial charge in [0.05, 0.1) is 16.7 Å². The predicted molar refractivity (Wildman–Crippen MR) is 83.1 cm³/mol. The maximum absolute atomic E-state index is 6.12. The summed E-state index contributed by atoms with van der Waals surface area (Å²) in [7, 11) is 1.70. The van der Waals surface area contributed by atoms with E-state index in [1.807, 2.05) is 19.1 Å². The summed E-state index contributed by atoms with van der Waals surface area (Å²) in [5, 5.41) is 4.41. The molecule has 0 fully saturated rings. The molecule has 3 nitrogen and oxygen atoms in total. The zero-order valence-corrected chi connectivity index (χ0v) is 13.5. The van der Waals surface area contributed by atoms with E-state index < -0.39 is 0 Å². The average Bonchev–Trinajstić information content (AvgIpc) is 2.33. The van der Waals surface area contributed by atoms with Crippen LogP contribution in [-0.4, -0.2) is 26.9 Å². The average molecular weight is 329 g/mol. The molecule has 19 heavy (non-hydrogen) atoms. The van der Waals surface area contributed by atoms with E-state index in [1.165, 1.54) is 0 Å². The van der Waals surface area contributed by atoms with Gasteiger partial charge in [-0.3, -0.25) is 0 Å². The lowest BCUT2D eigenvalue weighted by Gasteiger charge is -2.11. The maximum atomic E-state index is 6.12. The monoisotopic (exact) mass is 327 g/mol. The predicted octanol–water partition coefficient (Wildman–Crippen LogP) is 3.94. The molecule has 1 aromatic carbocycles. The standard InChI is InChI=1S/C13H19Cl2NO2.ClH/c1-3-18-13-11(14)7-10(8-12(13)15)9-16-5-4-6-17-2;/h7-8,16H,3-6,9H2,1-2H3;1H. The molecule has 0 aromatic heterocycles. The minimum atomic E-state index is 0. The quantitative estimate of drug-likeness (QED) is 0.733. The van der Waals surface area contributed by atoms with Gasteiger partial charge in [-0.25, -0.2) is 0 Å². The van der Waals surface area contributed by atoms with Crippen LogP contribution in [0.2, 0.25) is 10.0 Å². The molecule has 0 aliphatic carbocycles. The minimum absolute atomic E-state index is 0. The van der Waals surface area contributed by atoms with Crippen LogP contribution >= 0.6 is 35.6 Å². The Labute approximate surface area is 131 Å². The number of nitrogens with one attached hydrogen (secondary N) is 1. The summed E-state index contributed by atoms with van der Waals surface area (Å²) < 4.78 is 10.4. The second kappa shape index (κ2) is 10.6. The van der Waals surface area contributed by atoms with E-state index in [9.17, 15) is 0 Å². The third-order valence-corrected chi connectivity index (χ3v) is 2.94. The van der Waals surface area contributed by atoms with Crippen molar-refractivity contribution >= 4 is 35.6 Å². The highest BCUT2D eigenvalue weighted by Gasteiger charge is 2.08. The van der Waals surface area contributed by atoms with Crippen LogP contribution in [0, 0.1) is 0 Å². The molecule has 0 aliphatic heterocycles. The molecule has 1 N–H and O–H groups in total. The zero-order chi connectivity index (χ0) is 13.4. The number of halogens is 3. The number of hydrogen-bond acceptors (Lipinski definition) is 3. The Morgan fingerprint density at radius 2 is 1.84 bits per heavy atom. The molecule has 0 radical (unpaired) electrons. The van der Waals surface area contributed by atoms with Gasteiger partial charge in [0.25, 0.3) is 0 Å². The molecule has 0 amide bonds. The molecule has 0 unspecified atom stereocenters. The van der Waals surface area contributed by atoms with E-state index in [-0.39, 0.29) is 12.4 Å². The van der Waals surface area contributed by atoms with Crippen molar-refractivity contribution in [3.63, 3.8) is 0 Å². The lowest BCUT2D eigenvalue weighted by Crippen LogP contribution is -2.16. The van der Waals surface area contributed by atoms with Crippen LogP contribution in [0.4, 0.5) is 0 Å². The van der Waals surface area contributed by atoms with Crippen molar-refractivity contribution in [2.45, 2.75) is 19.9 Å². The van der Waals surface area contributed by atoms with E-state index in [0.29, 0.717) is 22.4 Å². The molecule has 0 heterocycles. The smallest absolute Gasteiger partial charge is 0.156 e. The maximum Gasteiger partial charge on any atom is 0.156 e. The first kappa shape index (κ1) is 18.8. The first-order valence-corrected chi connectivity index (χ1v) is 6.75. The van der Waals surface area contributed by atoms with E-state index in [0.717, 1.165) is 31.7 Å². The second-order valence-corrected chi connectivity index (χ2v) is 4.66. The summed E-state index contributed by atoms with van der Waals surface area (Å²) in [6.07, 6.45) is 0.981. The van der Waals surface area contributed by atoms with Crippen LogP contribution in [-0.2, 0) is 11.3 Å². The van der Waals surface area contributed by atoms with E-state index in [2.05, 4.69) is 5.32 Å². The van der Waals surface area contributed by atoms with Crippen LogP contribution in [0.25, 0.3) is 0 Å². The van der Waals surface area contributed by atoms with Gasteiger partial charge in [0.1, 0.15) is 0 Å². The van der Waals surface area contributed by atoms with Crippen molar-refractivity contribution in [3.8, 4) is 5.75 Å². The Morgan fingerprint density at radius 3 is 2.37 bits per heavy atom. The minimum Gasteiger partial charge on any atom is -0.491 e. The molecule has 0 bridgehead atoms. The van der Waals surface area contributed by atoms with E-state index in [1.54, 1.807) is 7.11 Å². The number of ether oxygens (including phenoxy) is 2. The number of methoxy groups -OCH3 is 1. The van der Waals surface area contributed by atoms with Gasteiger partial charge in [-0.15, -0.1) is 12.4 Å². The molecule has 1 aromatic rings. The molecule has 0 saturated carbocycles. The van der Waals surface area contributed by atoms with Crippen LogP contribution in [0.3, 0.4) is 0 Å². The zero-order valence-electron chi connectivity index (χ0n) is 11.2. The first-order valence-electron chi connectivity index (χ1n) is 5.99. The molecule has 6 heteroatoms. The number of benzene rings is 1. The van der Waals surface area contributed by atoms with Crippen LogP contribution in [0.5, 0.6) is 5.75 Å². The van der Waals surface area contributed by atoms with Crippen molar-refractivity contribution in [2.75, 3.05) is 26.9 Å². The fourth-order valence-electron chi connectivity index (χ4n) is 1.57. The molecular weight excluding hydrogens is 309 g/mol. The summed E-state index contributed by atoms with van der Waals surface area (Å²) in [4.78, 5) is 0. The number of hydrogen-bond donors (Lipinski definition) is 1. The van der Waals surface area contributed by atoms with Gasteiger partial charge in [0.15, 0.2) is 5.75 Å². The Kier molecular flexibility index (Phi) is 10.5. The molecule has 0 saturated heterocycles. The summed E-state index contributed by atoms with van der Waals surface area (Å²) >= 11 is 12.2.